The fourth-order valence-electron chi connectivity index (χ4n) is 2.24. The molecule has 114 valence electrons. The van der Waals surface area contributed by atoms with Crippen LogP contribution in [-0.4, -0.2) is 29.9 Å². The third kappa shape index (κ3) is 3.97. The fourth-order valence-corrected chi connectivity index (χ4v) is 2.24. The Morgan fingerprint density at radius 2 is 2.14 bits per heavy atom. The first kappa shape index (κ1) is 15.4. The third-order valence-electron chi connectivity index (χ3n) is 3.05. The van der Waals surface area contributed by atoms with Gasteiger partial charge >= 0.3 is 0 Å². The molecule has 0 atom stereocenters. The first-order valence-electron chi connectivity index (χ1n) is 7.05. The standard InChI is InChI=1S/C16H21NO4/c1-10(2)17-15(19)9-20-11-5-6-12-13(18)8-16(3,4)21-14(12)7-11/h5-7,10H,8-9H2,1-4H3,(H,17,19). The van der Waals surface area contributed by atoms with E-state index in [4.69, 9.17) is 9.47 Å². The molecule has 1 heterocycles. The number of benzene rings is 1. The summed E-state index contributed by atoms with van der Waals surface area (Å²) in [5.74, 6) is 0.904. The highest BCUT2D eigenvalue weighted by atomic mass is 16.5. The molecule has 5 heteroatoms. The van der Waals surface area contributed by atoms with Gasteiger partial charge in [-0.05, 0) is 39.8 Å². The molecule has 0 saturated heterocycles. The Morgan fingerprint density at radius 3 is 2.81 bits per heavy atom. The van der Waals surface area contributed by atoms with Crippen molar-refractivity contribution in [2.24, 2.45) is 0 Å². The first-order chi connectivity index (χ1) is 9.77. The number of carbonyl (C=O) groups is 2. The Kier molecular flexibility index (Phi) is 4.21. The minimum atomic E-state index is -0.516. The van der Waals surface area contributed by atoms with Gasteiger partial charge in [0.2, 0.25) is 0 Å². The van der Waals surface area contributed by atoms with E-state index in [1.54, 1.807) is 18.2 Å². The molecule has 1 aliphatic heterocycles. The lowest BCUT2D eigenvalue weighted by atomic mass is 9.93. The van der Waals surface area contributed by atoms with Crippen molar-refractivity contribution in [1.29, 1.82) is 0 Å². The molecular formula is C16H21NO4. The maximum absolute atomic E-state index is 12.0. The zero-order chi connectivity index (χ0) is 15.6. The molecule has 0 fully saturated rings. The number of Topliss-reactive ketones (excluding diaryl/α,β-unsaturated/α-hetero) is 1. The van der Waals surface area contributed by atoms with E-state index in [-0.39, 0.29) is 24.3 Å². The van der Waals surface area contributed by atoms with Gasteiger partial charge in [-0.3, -0.25) is 9.59 Å². The zero-order valence-electron chi connectivity index (χ0n) is 12.9. The second-order valence-corrected chi connectivity index (χ2v) is 6.13. The lowest BCUT2D eigenvalue weighted by molar-refractivity contribution is -0.123. The topological polar surface area (TPSA) is 64.6 Å². The van der Waals surface area contributed by atoms with Crippen LogP contribution in [0.2, 0.25) is 0 Å². The summed E-state index contributed by atoms with van der Waals surface area (Å²) in [6.07, 6.45) is 0.358. The highest BCUT2D eigenvalue weighted by Crippen LogP contribution is 2.35. The van der Waals surface area contributed by atoms with Crippen molar-refractivity contribution in [3.63, 3.8) is 0 Å². The van der Waals surface area contributed by atoms with Crippen molar-refractivity contribution in [2.45, 2.75) is 45.8 Å². The van der Waals surface area contributed by atoms with Crippen molar-refractivity contribution in [3.8, 4) is 11.5 Å². The molecule has 0 spiro atoms. The molecule has 0 bridgehead atoms. The van der Waals surface area contributed by atoms with Gasteiger partial charge < -0.3 is 14.8 Å². The quantitative estimate of drug-likeness (QED) is 0.924. The van der Waals surface area contributed by atoms with Crippen LogP contribution in [0.25, 0.3) is 0 Å². The van der Waals surface area contributed by atoms with E-state index in [1.807, 2.05) is 27.7 Å². The number of hydrogen-bond donors (Lipinski definition) is 1. The first-order valence-corrected chi connectivity index (χ1v) is 7.05. The van der Waals surface area contributed by atoms with Crippen LogP contribution in [-0.2, 0) is 4.79 Å². The maximum Gasteiger partial charge on any atom is 0.258 e. The monoisotopic (exact) mass is 291 g/mol. The van der Waals surface area contributed by atoms with Gasteiger partial charge in [-0.15, -0.1) is 0 Å². The SMILES string of the molecule is CC(C)NC(=O)COc1ccc2c(c1)OC(C)(C)CC2=O. The Hall–Kier alpha value is -2.04. The summed E-state index contributed by atoms with van der Waals surface area (Å²) in [6, 6.07) is 5.10. The molecule has 5 nitrogen and oxygen atoms in total. The summed E-state index contributed by atoms with van der Waals surface area (Å²) >= 11 is 0. The van der Waals surface area contributed by atoms with Gasteiger partial charge in [0.1, 0.15) is 17.1 Å². The molecule has 1 N–H and O–H groups in total. The van der Waals surface area contributed by atoms with Gasteiger partial charge in [0.25, 0.3) is 5.91 Å². The molecule has 1 aromatic carbocycles. The largest absolute Gasteiger partial charge is 0.486 e. The van der Waals surface area contributed by atoms with E-state index in [0.717, 1.165) is 0 Å². The molecule has 0 aliphatic carbocycles. The van der Waals surface area contributed by atoms with Crippen LogP contribution >= 0.6 is 0 Å². The molecule has 1 aromatic rings. The number of rotatable bonds is 4. The molecule has 0 aromatic heterocycles. The van der Waals surface area contributed by atoms with Crippen molar-refractivity contribution in [1.82, 2.24) is 5.32 Å². The maximum atomic E-state index is 12.0. The summed E-state index contributed by atoms with van der Waals surface area (Å²) in [6.45, 7) is 7.46. The van der Waals surface area contributed by atoms with Gasteiger partial charge in [0.15, 0.2) is 12.4 Å². The molecule has 1 amide bonds. The summed E-state index contributed by atoms with van der Waals surface area (Å²) in [5, 5.41) is 2.75. The van der Waals surface area contributed by atoms with Gasteiger partial charge in [-0.2, -0.15) is 0 Å². The van der Waals surface area contributed by atoms with Crippen LogP contribution in [0, 0.1) is 0 Å². The Labute approximate surface area is 124 Å². The summed E-state index contributed by atoms with van der Waals surface area (Å²) < 4.78 is 11.2. The number of ether oxygens (including phenoxy) is 2. The van der Waals surface area contributed by atoms with Crippen molar-refractivity contribution in [3.05, 3.63) is 23.8 Å². The molecule has 21 heavy (non-hydrogen) atoms. The van der Waals surface area contributed by atoms with Crippen molar-refractivity contribution >= 4 is 11.7 Å². The Morgan fingerprint density at radius 1 is 1.43 bits per heavy atom. The molecule has 0 unspecified atom stereocenters. The van der Waals surface area contributed by atoms with E-state index in [0.29, 0.717) is 23.5 Å². The third-order valence-corrected chi connectivity index (χ3v) is 3.05. The predicted octanol–water partition coefficient (Wildman–Crippen LogP) is 2.33. The summed E-state index contributed by atoms with van der Waals surface area (Å²) in [7, 11) is 0. The van der Waals surface area contributed by atoms with E-state index in [1.165, 1.54) is 0 Å². The number of fused-ring (bicyclic) bond motifs is 1. The lowest BCUT2D eigenvalue weighted by Gasteiger charge is -2.31. The number of ketones is 1. The Balaban J connectivity index is 2.07. The van der Waals surface area contributed by atoms with Crippen molar-refractivity contribution in [2.75, 3.05) is 6.61 Å². The van der Waals surface area contributed by atoms with Gasteiger partial charge in [-0.1, -0.05) is 0 Å². The predicted molar refractivity (Wildman–Crippen MR) is 78.9 cm³/mol. The second-order valence-electron chi connectivity index (χ2n) is 6.13. The number of nitrogens with one attached hydrogen (secondary N) is 1. The fraction of sp³-hybridized carbons (Fsp3) is 0.500. The van der Waals surface area contributed by atoms with Crippen LogP contribution in [0.5, 0.6) is 11.5 Å². The van der Waals surface area contributed by atoms with E-state index >= 15 is 0 Å². The van der Waals surface area contributed by atoms with Crippen LogP contribution in [0.15, 0.2) is 18.2 Å². The molecule has 0 radical (unpaired) electrons. The molecule has 1 aliphatic rings. The second kappa shape index (κ2) is 5.76. The summed E-state index contributed by atoms with van der Waals surface area (Å²) in [5.41, 5.74) is 0.0471. The van der Waals surface area contributed by atoms with Gasteiger partial charge in [-0.25, -0.2) is 0 Å². The smallest absolute Gasteiger partial charge is 0.258 e. The Bertz CT molecular complexity index is 563. The molecule has 0 saturated carbocycles. The summed E-state index contributed by atoms with van der Waals surface area (Å²) in [4.78, 5) is 23.6. The number of amides is 1. The van der Waals surface area contributed by atoms with E-state index < -0.39 is 5.60 Å². The van der Waals surface area contributed by atoms with Crippen LogP contribution in [0.1, 0.15) is 44.5 Å². The zero-order valence-corrected chi connectivity index (χ0v) is 12.9. The number of carbonyl (C=O) groups excluding carboxylic acids is 2. The van der Waals surface area contributed by atoms with Gasteiger partial charge in [0.05, 0.1) is 12.0 Å². The highest BCUT2D eigenvalue weighted by Gasteiger charge is 2.32. The van der Waals surface area contributed by atoms with Gasteiger partial charge in [0, 0.05) is 12.1 Å². The highest BCUT2D eigenvalue weighted by molar-refractivity contribution is 6.00. The van der Waals surface area contributed by atoms with Crippen LogP contribution in [0.4, 0.5) is 0 Å². The average molecular weight is 291 g/mol. The molecule has 2 rings (SSSR count). The molecular weight excluding hydrogens is 270 g/mol. The minimum Gasteiger partial charge on any atom is -0.486 e. The van der Waals surface area contributed by atoms with Crippen LogP contribution < -0.4 is 14.8 Å². The average Bonchev–Trinajstić information content (AvgIpc) is 2.33. The van der Waals surface area contributed by atoms with E-state index in [9.17, 15) is 9.59 Å². The minimum absolute atomic E-state index is 0.0605. The lowest BCUT2D eigenvalue weighted by Crippen LogP contribution is -2.36. The number of hydrogen-bond acceptors (Lipinski definition) is 4. The normalized spacial score (nSPS) is 16.1. The van der Waals surface area contributed by atoms with Crippen molar-refractivity contribution < 1.29 is 19.1 Å². The van der Waals surface area contributed by atoms with E-state index in [2.05, 4.69) is 5.32 Å². The van der Waals surface area contributed by atoms with Crippen LogP contribution in [0.3, 0.4) is 0 Å².